The summed E-state index contributed by atoms with van der Waals surface area (Å²) >= 11 is 0. The monoisotopic (exact) mass is 248 g/mol. The zero-order valence-corrected chi connectivity index (χ0v) is 10.7. The van der Waals surface area contributed by atoms with Crippen LogP contribution >= 0.6 is 0 Å². The first-order chi connectivity index (χ1) is 8.57. The van der Waals surface area contributed by atoms with E-state index in [0.29, 0.717) is 13.0 Å². The molecule has 1 aliphatic rings. The van der Waals surface area contributed by atoms with Crippen LogP contribution in [-0.4, -0.2) is 29.6 Å². The minimum atomic E-state index is 0.0237. The standard InChI is InChI=1S/C14H20N2O2/c1-14(7-2-8-16-14)10-15-13(18)9-11-3-5-12(17)6-4-11/h3-6,16-17H,2,7-10H2,1H3,(H,15,18). The van der Waals surface area contributed by atoms with Gasteiger partial charge in [0.1, 0.15) is 5.75 Å². The molecule has 1 unspecified atom stereocenters. The number of hydrogen-bond donors (Lipinski definition) is 3. The van der Waals surface area contributed by atoms with Crippen molar-refractivity contribution in [1.82, 2.24) is 10.6 Å². The van der Waals surface area contributed by atoms with Crippen LogP contribution in [0.1, 0.15) is 25.3 Å². The van der Waals surface area contributed by atoms with Crippen molar-refractivity contribution in [1.29, 1.82) is 0 Å². The molecule has 0 aliphatic carbocycles. The van der Waals surface area contributed by atoms with Gasteiger partial charge in [-0.3, -0.25) is 4.79 Å². The van der Waals surface area contributed by atoms with Gasteiger partial charge in [-0.2, -0.15) is 0 Å². The summed E-state index contributed by atoms with van der Waals surface area (Å²) in [5.74, 6) is 0.248. The first-order valence-corrected chi connectivity index (χ1v) is 6.37. The van der Waals surface area contributed by atoms with Gasteiger partial charge in [0, 0.05) is 12.1 Å². The molecule has 0 spiro atoms. The lowest BCUT2D eigenvalue weighted by Crippen LogP contribution is -2.47. The van der Waals surface area contributed by atoms with E-state index in [2.05, 4.69) is 17.6 Å². The summed E-state index contributed by atoms with van der Waals surface area (Å²) in [5, 5.41) is 15.5. The van der Waals surface area contributed by atoms with Crippen LogP contribution in [0, 0.1) is 0 Å². The van der Waals surface area contributed by atoms with Crippen LogP contribution in [0.2, 0.25) is 0 Å². The summed E-state index contributed by atoms with van der Waals surface area (Å²) in [6.45, 7) is 3.84. The van der Waals surface area contributed by atoms with Gasteiger partial charge in [0.15, 0.2) is 0 Å². The Morgan fingerprint density at radius 1 is 1.44 bits per heavy atom. The van der Waals surface area contributed by atoms with Gasteiger partial charge >= 0.3 is 0 Å². The topological polar surface area (TPSA) is 61.4 Å². The molecule has 18 heavy (non-hydrogen) atoms. The molecule has 1 atom stereocenters. The number of rotatable bonds is 4. The summed E-state index contributed by atoms with van der Waals surface area (Å²) in [6, 6.07) is 6.74. The highest BCUT2D eigenvalue weighted by atomic mass is 16.3. The van der Waals surface area contributed by atoms with E-state index in [1.54, 1.807) is 24.3 Å². The molecule has 4 heteroatoms. The van der Waals surface area contributed by atoms with Crippen molar-refractivity contribution in [2.24, 2.45) is 0 Å². The quantitative estimate of drug-likeness (QED) is 0.750. The summed E-state index contributed by atoms with van der Waals surface area (Å²) < 4.78 is 0. The van der Waals surface area contributed by atoms with Gasteiger partial charge in [0.25, 0.3) is 0 Å². The molecule has 0 aromatic heterocycles. The van der Waals surface area contributed by atoms with Crippen molar-refractivity contribution in [3.05, 3.63) is 29.8 Å². The minimum Gasteiger partial charge on any atom is -0.508 e. The Balaban J connectivity index is 1.80. The molecule has 98 valence electrons. The molecule has 2 rings (SSSR count). The van der Waals surface area contributed by atoms with Crippen LogP contribution in [0.15, 0.2) is 24.3 Å². The molecular weight excluding hydrogens is 228 g/mol. The van der Waals surface area contributed by atoms with Crippen molar-refractivity contribution in [2.75, 3.05) is 13.1 Å². The lowest BCUT2D eigenvalue weighted by Gasteiger charge is -2.24. The first-order valence-electron chi connectivity index (χ1n) is 6.37. The third-order valence-electron chi connectivity index (χ3n) is 3.43. The number of hydrogen-bond acceptors (Lipinski definition) is 3. The maximum atomic E-state index is 11.8. The van der Waals surface area contributed by atoms with Gasteiger partial charge < -0.3 is 15.7 Å². The Kier molecular flexibility index (Phi) is 3.87. The van der Waals surface area contributed by atoms with Crippen LogP contribution in [0.25, 0.3) is 0 Å². The highest BCUT2D eigenvalue weighted by Crippen LogP contribution is 2.17. The van der Waals surface area contributed by atoms with Crippen LogP contribution in [0.3, 0.4) is 0 Å². The Morgan fingerprint density at radius 3 is 2.78 bits per heavy atom. The SMILES string of the molecule is CC1(CNC(=O)Cc2ccc(O)cc2)CCCN1. The van der Waals surface area contributed by atoms with Gasteiger partial charge in [-0.25, -0.2) is 0 Å². The summed E-state index contributed by atoms with van der Waals surface area (Å²) in [5.41, 5.74) is 0.958. The maximum Gasteiger partial charge on any atom is 0.224 e. The third-order valence-corrected chi connectivity index (χ3v) is 3.43. The van der Waals surface area contributed by atoms with E-state index in [1.807, 2.05) is 0 Å². The van der Waals surface area contributed by atoms with Gasteiger partial charge in [-0.15, -0.1) is 0 Å². The second kappa shape index (κ2) is 5.40. The number of nitrogens with one attached hydrogen (secondary N) is 2. The summed E-state index contributed by atoms with van der Waals surface area (Å²) in [4.78, 5) is 11.8. The van der Waals surface area contributed by atoms with Crippen LogP contribution in [0.5, 0.6) is 5.75 Å². The van der Waals surface area contributed by atoms with E-state index in [-0.39, 0.29) is 17.2 Å². The second-order valence-corrected chi connectivity index (χ2v) is 5.21. The van der Waals surface area contributed by atoms with Gasteiger partial charge in [-0.1, -0.05) is 12.1 Å². The average Bonchev–Trinajstić information content (AvgIpc) is 2.78. The van der Waals surface area contributed by atoms with Crippen molar-refractivity contribution in [2.45, 2.75) is 31.7 Å². The van der Waals surface area contributed by atoms with Gasteiger partial charge in [0.2, 0.25) is 5.91 Å². The van der Waals surface area contributed by atoms with E-state index >= 15 is 0 Å². The smallest absolute Gasteiger partial charge is 0.224 e. The molecule has 1 fully saturated rings. The van der Waals surface area contributed by atoms with E-state index in [1.165, 1.54) is 6.42 Å². The minimum absolute atomic E-state index is 0.0237. The number of carbonyl (C=O) groups excluding carboxylic acids is 1. The predicted octanol–water partition coefficient (Wildman–Crippen LogP) is 1.19. The van der Waals surface area contributed by atoms with Gasteiger partial charge in [0.05, 0.1) is 6.42 Å². The zero-order chi connectivity index (χ0) is 13.0. The number of aromatic hydroxyl groups is 1. The van der Waals surface area contributed by atoms with Crippen molar-refractivity contribution >= 4 is 5.91 Å². The fourth-order valence-corrected chi connectivity index (χ4v) is 2.26. The molecule has 1 aromatic carbocycles. The second-order valence-electron chi connectivity index (χ2n) is 5.21. The molecule has 0 saturated carbocycles. The number of amides is 1. The number of benzene rings is 1. The largest absolute Gasteiger partial charge is 0.508 e. The molecule has 0 radical (unpaired) electrons. The molecule has 1 aliphatic heterocycles. The molecule has 1 amide bonds. The summed E-state index contributed by atoms with van der Waals surface area (Å²) in [6.07, 6.45) is 2.63. The molecule has 0 bridgehead atoms. The Labute approximate surface area is 107 Å². The number of phenolic OH excluding ortho intramolecular Hbond substituents is 1. The van der Waals surface area contributed by atoms with E-state index in [0.717, 1.165) is 18.5 Å². The zero-order valence-electron chi connectivity index (χ0n) is 10.7. The molecule has 1 aromatic rings. The fraction of sp³-hybridized carbons (Fsp3) is 0.500. The molecule has 1 saturated heterocycles. The predicted molar refractivity (Wildman–Crippen MR) is 70.5 cm³/mol. The van der Waals surface area contributed by atoms with Crippen LogP contribution < -0.4 is 10.6 Å². The molecule has 4 nitrogen and oxygen atoms in total. The van der Waals surface area contributed by atoms with Crippen LogP contribution in [0.4, 0.5) is 0 Å². The fourth-order valence-electron chi connectivity index (χ4n) is 2.26. The highest BCUT2D eigenvalue weighted by molar-refractivity contribution is 5.78. The van der Waals surface area contributed by atoms with Crippen LogP contribution in [-0.2, 0) is 11.2 Å². The Hall–Kier alpha value is -1.55. The van der Waals surface area contributed by atoms with E-state index < -0.39 is 0 Å². The first kappa shape index (κ1) is 12.9. The number of phenols is 1. The lowest BCUT2D eigenvalue weighted by atomic mass is 10.0. The molecule has 3 N–H and O–H groups in total. The number of carbonyl (C=O) groups is 1. The Bertz CT molecular complexity index is 408. The lowest BCUT2D eigenvalue weighted by molar-refractivity contribution is -0.120. The van der Waals surface area contributed by atoms with Crippen molar-refractivity contribution < 1.29 is 9.90 Å². The summed E-state index contributed by atoms with van der Waals surface area (Å²) in [7, 11) is 0. The molecular formula is C14H20N2O2. The van der Waals surface area contributed by atoms with Gasteiger partial charge in [-0.05, 0) is 44.0 Å². The highest BCUT2D eigenvalue weighted by Gasteiger charge is 2.27. The van der Waals surface area contributed by atoms with E-state index in [9.17, 15) is 4.79 Å². The Morgan fingerprint density at radius 2 is 2.17 bits per heavy atom. The van der Waals surface area contributed by atoms with Crippen molar-refractivity contribution in [3.63, 3.8) is 0 Å². The molecule has 1 heterocycles. The van der Waals surface area contributed by atoms with Crippen molar-refractivity contribution in [3.8, 4) is 5.75 Å². The van der Waals surface area contributed by atoms with E-state index in [4.69, 9.17) is 5.11 Å². The maximum absolute atomic E-state index is 11.8. The normalized spacial score (nSPS) is 22.9. The average molecular weight is 248 g/mol. The third kappa shape index (κ3) is 3.47.